The van der Waals surface area contributed by atoms with Gasteiger partial charge in [-0.25, -0.2) is 14.8 Å². The van der Waals surface area contributed by atoms with E-state index in [-0.39, 0.29) is 5.56 Å². The molecule has 2 aromatic rings. The Kier molecular flexibility index (Phi) is 3.10. The quantitative estimate of drug-likeness (QED) is 0.907. The smallest absolute Gasteiger partial charge is 0.339 e. The molecule has 0 fully saturated rings. The van der Waals surface area contributed by atoms with E-state index in [1.165, 1.54) is 6.33 Å². The lowest BCUT2D eigenvalue weighted by Crippen LogP contribution is -2.09. The molecule has 1 aliphatic heterocycles. The van der Waals surface area contributed by atoms with Gasteiger partial charge in [0.1, 0.15) is 17.6 Å². The van der Waals surface area contributed by atoms with Crippen LogP contribution in [0.4, 0.5) is 0 Å². The molecule has 0 saturated carbocycles. The molecule has 5 heteroatoms. The van der Waals surface area contributed by atoms with Crippen molar-refractivity contribution in [2.75, 3.05) is 6.61 Å². The first kappa shape index (κ1) is 12.6. The molecule has 0 radical (unpaired) electrons. The van der Waals surface area contributed by atoms with Gasteiger partial charge in [0.2, 0.25) is 0 Å². The standard InChI is InChI=1S/C15H14N2O3/c1-9-13(15(18)19)14(17-8-16-9)11-4-5-12-10(7-11)3-2-6-20-12/h4-5,7-8H,2-3,6H2,1H3,(H,18,19). The number of carbonyl (C=O) groups is 1. The number of ether oxygens (including phenoxy) is 1. The highest BCUT2D eigenvalue weighted by molar-refractivity contribution is 5.95. The van der Waals surface area contributed by atoms with Gasteiger partial charge in [-0.15, -0.1) is 0 Å². The van der Waals surface area contributed by atoms with Gasteiger partial charge >= 0.3 is 5.97 Å². The van der Waals surface area contributed by atoms with Crippen molar-refractivity contribution >= 4 is 5.97 Å². The summed E-state index contributed by atoms with van der Waals surface area (Å²) in [5.74, 6) is -0.130. The third kappa shape index (κ3) is 2.11. The van der Waals surface area contributed by atoms with Gasteiger partial charge in [0, 0.05) is 5.56 Å². The predicted molar refractivity (Wildman–Crippen MR) is 73.0 cm³/mol. The summed E-state index contributed by atoms with van der Waals surface area (Å²) in [6, 6.07) is 5.69. The highest BCUT2D eigenvalue weighted by Crippen LogP contribution is 2.31. The molecule has 0 amide bonds. The summed E-state index contributed by atoms with van der Waals surface area (Å²) in [7, 11) is 0. The minimum absolute atomic E-state index is 0.157. The van der Waals surface area contributed by atoms with Gasteiger partial charge in [-0.2, -0.15) is 0 Å². The molecule has 0 spiro atoms. The van der Waals surface area contributed by atoms with Crippen LogP contribution in [0.3, 0.4) is 0 Å². The second kappa shape index (κ2) is 4.92. The van der Waals surface area contributed by atoms with E-state index in [1.54, 1.807) is 6.92 Å². The molecule has 20 heavy (non-hydrogen) atoms. The highest BCUT2D eigenvalue weighted by atomic mass is 16.5. The Balaban J connectivity index is 2.14. The number of fused-ring (bicyclic) bond motifs is 1. The van der Waals surface area contributed by atoms with E-state index in [9.17, 15) is 9.90 Å². The molecule has 0 atom stereocenters. The molecule has 1 aromatic heterocycles. The molecule has 5 nitrogen and oxygen atoms in total. The number of rotatable bonds is 2. The van der Waals surface area contributed by atoms with Crippen LogP contribution < -0.4 is 4.74 Å². The molecule has 102 valence electrons. The Morgan fingerprint density at radius 1 is 1.35 bits per heavy atom. The monoisotopic (exact) mass is 270 g/mol. The first-order valence-electron chi connectivity index (χ1n) is 6.48. The summed E-state index contributed by atoms with van der Waals surface area (Å²) in [5, 5.41) is 9.34. The average Bonchev–Trinajstić information content (AvgIpc) is 2.46. The molecule has 0 saturated heterocycles. The van der Waals surface area contributed by atoms with Crippen LogP contribution >= 0.6 is 0 Å². The molecular formula is C15H14N2O3. The lowest BCUT2D eigenvalue weighted by atomic mass is 9.99. The third-order valence-corrected chi connectivity index (χ3v) is 3.43. The number of nitrogens with zero attached hydrogens (tertiary/aromatic N) is 2. The lowest BCUT2D eigenvalue weighted by Gasteiger charge is -2.18. The lowest BCUT2D eigenvalue weighted by molar-refractivity contribution is 0.0696. The Bertz CT molecular complexity index is 683. The van der Waals surface area contributed by atoms with Crippen molar-refractivity contribution in [3.8, 4) is 17.0 Å². The molecule has 0 unspecified atom stereocenters. The van der Waals surface area contributed by atoms with Crippen LogP contribution in [0.15, 0.2) is 24.5 Å². The van der Waals surface area contributed by atoms with Crippen molar-refractivity contribution in [1.82, 2.24) is 9.97 Å². The molecule has 2 heterocycles. The van der Waals surface area contributed by atoms with Gasteiger partial charge < -0.3 is 9.84 Å². The third-order valence-electron chi connectivity index (χ3n) is 3.43. The fraction of sp³-hybridized carbons (Fsp3) is 0.267. The minimum atomic E-state index is -1.01. The predicted octanol–water partition coefficient (Wildman–Crippen LogP) is 2.48. The van der Waals surface area contributed by atoms with Crippen LogP contribution in [0.5, 0.6) is 5.75 Å². The zero-order valence-electron chi connectivity index (χ0n) is 11.1. The molecule has 3 rings (SSSR count). The van der Waals surface area contributed by atoms with Crippen LogP contribution in [0.2, 0.25) is 0 Å². The zero-order valence-corrected chi connectivity index (χ0v) is 11.1. The first-order chi connectivity index (χ1) is 9.66. The van der Waals surface area contributed by atoms with Crippen molar-refractivity contribution in [1.29, 1.82) is 0 Å². The summed E-state index contributed by atoms with van der Waals surface area (Å²) in [5.41, 5.74) is 2.97. The number of hydrogen-bond donors (Lipinski definition) is 1. The number of aromatic nitrogens is 2. The Hall–Kier alpha value is -2.43. The van der Waals surface area contributed by atoms with Gasteiger partial charge in [0.15, 0.2) is 0 Å². The summed E-state index contributed by atoms with van der Waals surface area (Å²) in [6.45, 7) is 2.41. The van der Waals surface area contributed by atoms with E-state index in [1.807, 2.05) is 18.2 Å². The maximum atomic E-state index is 11.4. The van der Waals surface area contributed by atoms with Gasteiger partial charge in [-0.05, 0) is 43.5 Å². The van der Waals surface area contributed by atoms with Crippen LogP contribution in [0, 0.1) is 6.92 Å². The van der Waals surface area contributed by atoms with Gasteiger partial charge in [-0.3, -0.25) is 0 Å². The number of hydrogen-bond acceptors (Lipinski definition) is 4. The molecular weight excluding hydrogens is 256 g/mol. The SMILES string of the molecule is Cc1ncnc(-c2ccc3c(c2)CCCO3)c1C(=O)O. The van der Waals surface area contributed by atoms with Crippen molar-refractivity contribution in [3.05, 3.63) is 41.3 Å². The largest absolute Gasteiger partial charge is 0.493 e. The highest BCUT2D eigenvalue weighted by Gasteiger charge is 2.19. The number of carboxylic acid groups (broad SMARTS) is 1. The summed E-state index contributed by atoms with van der Waals surface area (Å²) >= 11 is 0. The van der Waals surface area contributed by atoms with Gasteiger partial charge in [0.05, 0.1) is 18.0 Å². The van der Waals surface area contributed by atoms with Crippen LogP contribution in [-0.4, -0.2) is 27.7 Å². The zero-order chi connectivity index (χ0) is 14.1. The molecule has 1 N–H and O–H groups in total. The number of benzene rings is 1. The maximum absolute atomic E-state index is 11.4. The van der Waals surface area contributed by atoms with Crippen LogP contribution in [0.1, 0.15) is 28.0 Å². The summed E-state index contributed by atoms with van der Waals surface area (Å²) < 4.78 is 5.57. The average molecular weight is 270 g/mol. The van der Waals surface area contributed by atoms with E-state index >= 15 is 0 Å². The van der Waals surface area contributed by atoms with E-state index in [0.717, 1.165) is 36.3 Å². The van der Waals surface area contributed by atoms with Crippen molar-refractivity contribution in [2.24, 2.45) is 0 Å². The van der Waals surface area contributed by atoms with Crippen molar-refractivity contribution < 1.29 is 14.6 Å². The molecule has 1 aromatic carbocycles. The molecule has 1 aliphatic rings. The van der Waals surface area contributed by atoms with Crippen LogP contribution in [0.25, 0.3) is 11.3 Å². The molecule has 0 aliphatic carbocycles. The fourth-order valence-electron chi connectivity index (χ4n) is 2.46. The van der Waals surface area contributed by atoms with Gasteiger partial charge in [-0.1, -0.05) is 0 Å². The summed E-state index contributed by atoms with van der Waals surface area (Å²) in [4.78, 5) is 19.5. The topological polar surface area (TPSA) is 72.3 Å². The summed E-state index contributed by atoms with van der Waals surface area (Å²) in [6.07, 6.45) is 3.31. The Labute approximate surface area is 116 Å². The number of aromatic carboxylic acids is 1. The number of aryl methyl sites for hydroxylation is 2. The second-order valence-electron chi connectivity index (χ2n) is 4.76. The van der Waals surface area contributed by atoms with E-state index in [4.69, 9.17) is 4.74 Å². The Morgan fingerprint density at radius 3 is 3.00 bits per heavy atom. The van der Waals surface area contributed by atoms with Gasteiger partial charge in [0.25, 0.3) is 0 Å². The van der Waals surface area contributed by atoms with E-state index in [0.29, 0.717) is 11.4 Å². The van der Waals surface area contributed by atoms with Crippen molar-refractivity contribution in [3.63, 3.8) is 0 Å². The van der Waals surface area contributed by atoms with E-state index in [2.05, 4.69) is 9.97 Å². The number of carboxylic acids is 1. The molecule has 0 bridgehead atoms. The minimum Gasteiger partial charge on any atom is -0.493 e. The maximum Gasteiger partial charge on any atom is 0.339 e. The normalized spacial score (nSPS) is 13.4. The second-order valence-corrected chi connectivity index (χ2v) is 4.76. The van der Waals surface area contributed by atoms with E-state index < -0.39 is 5.97 Å². The Morgan fingerprint density at radius 2 is 2.20 bits per heavy atom. The fourth-order valence-corrected chi connectivity index (χ4v) is 2.46. The van der Waals surface area contributed by atoms with Crippen molar-refractivity contribution in [2.45, 2.75) is 19.8 Å². The van der Waals surface area contributed by atoms with Crippen LogP contribution in [-0.2, 0) is 6.42 Å². The first-order valence-corrected chi connectivity index (χ1v) is 6.48.